The second-order valence-electron chi connectivity index (χ2n) is 5.91. The largest absolute Gasteiger partial charge is 0.373 e. The molecule has 0 radical (unpaired) electrons. The van der Waals surface area contributed by atoms with Crippen LogP contribution < -0.4 is 10.2 Å². The quantitative estimate of drug-likeness (QED) is 0.881. The van der Waals surface area contributed by atoms with E-state index in [1.165, 1.54) is 36.2 Å². The molecule has 1 aromatic rings. The van der Waals surface area contributed by atoms with Crippen molar-refractivity contribution in [3.63, 3.8) is 0 Å². The average molecular weight is 246 g/mol. The summed E-state index contributed by atoms with van der Waals surface area (Å²) in [6.07, 6.45) is 2.68. The molecule has 2 heteroatoms. The standard InChI is InChI=1S/C16H26N2/c1-12-8-13(2)10-15(9-12)18(4)11-16-14(3)6-5-7-17-16/h8-10,14,16-17H,5-7,11H2,1-4H3. The van der Waals surface area contributed by atoms with Crippen LogP contribution in [0.2, 0.25) is 0 Å². The van der Waals surface area contributed by atoms with E-state index in [0.29, 0.717) is 6.04 Å². The number of nitrogens with one attached hydrogen (secondary N) is 1. The van der Waals surface area contributed by atoms with Gasteiger partial charge in [0.25, 0.3) is 0 Å². The summed E-state index contributed by atoms with van der Waals surface area (Å²) in [5, 5.41) is 3.66. The molecule has 0 spiro atoms. The molecule has 1 aliphatic rings. The van der Waals surface area contributed by atoms with E-state index in [1.807, 2.05) is 0 Å². The second-order valence-corrected chi connectivity index (χ2v) is 5.91. The highest BCUT2D eigenvalue weighted by atomic mass is 15.1. The van der Waals surface area contributed by atoms with Crippen molar-refractivity contribution in [1.82, 2.24) is 5.32 Å². The van der Waals surface area contributed by atoms with Crippen molar-refractivity contribution >= 4 is 5.69 Å². The third kappa shape index (κ3) is 3.26. The number of anilines is 1. The fourth-order valence-electron chi connectivity index (χ4n) is 2.93. The molecule has 1 aromatic carbocycles. The summed E-state index contributed by atoms with van der Waals surface area (Å²) in [7, 11) is 2.21. The van der Waals surface area contributed by atoms with Crippen LogP contribution in [0.1, 0.15) is 30.9 Å². The highest BCUT2D eigenvalue weighted by molar-refractivity contribution is 5.50. The van der Waals surface area contributed by atoms with E-state index in [9.17, 15) is 0 Å². The molecule has 1 N–H and O–H groups in total. The van der Waals surface area contributed by atoms with Gasteiger partial charge in [-0.3, -0.25) is 0 Å². The van der Waals surface area contributed by atoms with Crippen LogP contribution in [-0.2, 0) is 0 Å². The molecular weight excluding hydrogens is 220 g/mol. The van der Waals surface area contributed by atoms with Gasteiger partial charge in [-0.2, -0.15) is 0 Å². The van der Waals surface area contributed by atoms with Crippen molar-refractivity contribution in [1.29, 1.82) is 0 Å². The van der Waals surface area contributed by atoms with Crippen LogP contribution in [0, 0.1) is 19.8 Å². The highest BCUT2D eigenvalue weighted by Gasteiger charge is 2.22. The molecular formula is C16H26N2. The fourth-order valence-corrected chi connectivity index (χ4v) is 2.93. The molecule has 0 saturated carbocycles. The molecule has 100 valence electrons. The van der Waals surface area contributed by atoms with Crippen molar-refractivity contribution in [2.24, 2.45) is 5.92 Å². The average Bonchev–Trinajstić information content (AvgIpc) is 2.31. The van der Waals surface area contributed by atoms with Crippen LogP contribution in [0.25, 0.3) is 0 Å². The van der Waals surface area contributed by atoms with Gasteiger partial charge in [0.1, 0.15) is 0 Å². The minimum absolute atomic E-state index is 0.629. The van der Waals surface area contributed by atoms with E-state index < -0.39 is 0 Å². The van der Waals surface area contributed by atoms with Gasteiger partial charge in [-0.15, -0.1) is 0 Å². The Kier molecular flexibility index (Phi) is 4.28. The highest BCUT2D eigenvalue weighted by Crippen LogP contribution is 2.21. The number of rotatable bonds is 3. The Hall–Kier alpha value is -1.02. The van der Waals surface area contributed by atoms with Crippen molar-refractivity contribution in [2.75, 3.05) is 25.0 Å². The Morgan fingerprint density at radius 2 is 1.89 bits per heavy atom. The lowest BCUT2D eigenvalue weighted by molar-refractivity contribution is 0.303. The molecule has 1 saturated heterocycles. The summed E-state index contributed by atoms with van der Waals surface area (Å²) in [6.45, 7) is 8.99. The SMILES string of the molecule is Cc1cc(C)cc(N(C)CC2NCCCC2C)c1. The molecule has 0 aliphatic carbocycles. The van der Waals surface area contributed by atoms with Crippen LogP contribution in [0.5, 0.6) is 0 Å². The second kappa shape index (κ2) is 5.75. The topological polar surface area (TPSA) is 15.3 Å². The number of nitrogens with zero attached hydrogens (tertiary/aromatic N) is 1. The molecule has 2 atom stereocenters. The molecule has 0 amide bonds. The number of benzene rings is 1. The van der Waals surface area contributed by atoms with Crippen LogP contribution in [0.4, 0.5) is 5.69 Å². The maximum atomic E-state index is 3.66. The molecule has 1 fully saturated rings. The van der Waals surface area contributed by atoms with Crippen molar-refractivity contribution in [3.05, 3.63) is 29.3 Å². The molecule has 2 unspecified atom stereocenters. The van der Waals surface area contributed by atoms with Gasteiger partial charge >= 0.3 is 0 Å². The number of aryl methyl sites for hydroxylation is 2. The molecule has 2 nitrogen and oxygen atoms in total. The molecule has 0 aromatic heterocycles. The zero-order chi connectivity index (χ0) is 13.1. The van der Waals surface area contributed by atoms with Gasteiger partial charge < -0.3 is 10.2 Å². The Labute approximate surface area is 111 Å². The van der Waals surface area contributed by atoms with Gasteiger partial charge in [0, 0.05) is 25.3 Å². The Morgan fingerprint density at radius 3 is 2.50 bits per heavy atom. The van der Waals surface area contributed by atoms with Crippen molar-refractivity contribution < 1.29 is 0 Å². The van der Waals surface area contributed by atoms with Crippen LogP contribution >= 0.6 is 0 Å². The Morgan fingerprint density at radius 1 is 1.22 bits per heavy atom. The summed E-state index contributed by atoms with van der Waals surface area (Å²) in [5.74, 6) is 0.784. The lowest BCUT2D eigenvalue weighted by Gasteiger charge is -2.34. The first kappa shape index (κ1) is 13.4. The first-order valence-corrected chi connectivity index (χ1v) is 7.09. The van der Waals surface area contributed by atoms with E-state index in [0.717, 1.165) is 12.5 Å². The molecule has 1 heterocycles. The van der Waals surface area contributed by atoms with E-state index in [1.54, 1.807) is 0 Å². The van der Waals surface area contributed by atoms with Gasteiger partial charge in [-0.1, -0.05) is 13.0 Å². The van der Waals surface area contributed by atoms with Gasteiger partial charge in [0.2, 0.25) is 0 Å². The first-order chi connectivity index (χ1) is 8.56. The van der Waals surface area contributed by atoms with Crippen molar-refractivity contribution in [3.8, 4) is 0 Å². The van der Waals surface area contributed by atoms with Crippen LogP contribution in [0.15, 0.2) is 18.2 Å². The maximum Gasteiger partial charge on any atom is 0.0369 e. The zero-order valence-electron chi connectivity index (χ0n) is 12.2. The zero-order valence-corrected chi connectivity index (χ0v) is 12.2. The van der Waals surface area contributed by atoms with Gasteiger partial charge in [-0.05, 0) is 62.4 Å². The number of piperidine rings is 1. The number of likely N-dealkylation sites (N-methyl/N-ethyl adjacent to an activating group) is 1. The Bertz CT molecular complexity index is 380. The third-order valence-electron chi connectivity index (χ3n) is 4.05. The molecule has 2 rings (SSSR count). The predicted octanol–water partition coefficient (Wildman–Crippen LogP) is 3.13. The monoisotopic (exact) mass is 246 g/mol. The smallest absolute Gasteiger partial charge is 0.0369 e. The van der Waals surface area contributed by atoms with E-state index in [2.05, 4.69) is 56.2 Å². The van der Waals surface area contributed by atoms with Gasteiger partial charge in [0.15, 0.2) is 0 Å². The summed E-state index contributed by atoms with van der Waals surface area (Å²) in [5.41, 5.74) is 4.04. The Balaban J connectivity index is 2.04. The predicted molar refractivity (Wildman–Crippen MR) is 79.4 cm³/mol. The minimum Gasteiger partial charge on any atom is -0.373 e. The molecule has 1 aliphatic heterocycles. The summed E-state index contributed by atoms with van der Waals surface area (Å²) in [6, 6.07) is 7.42. The molecule has 0 bridgehead atoms. The minimum atomic E-state index is 0.629. The maximum absolute atomic E-state index is 3.66. The van der Waals surface area contributed by atoms with Crippen molar-refractivity contribution in [2.45, 2.75) is 39.7 Å². The summed E-state index contributed by atoms with van der Waals surface area (Å²) in [4.78, 5) is 2.39. The third-order valence-corrected chi connectivity index (χ3v) is 4.05. The van der Waals surface area contributed by atoms with Gasteiger partial charge in [-0.25, -0.2) is 0 Å². The van der Waals surface area contributed by atoms with E-state index >= 15 is 0 Å². The lowest BCUT2D eigenvalue weighted by atomic mass is 9.92. The normalized spacial score (nSPS) is 24.0. The number of hydrogen-bond donors (Lipinski definition) is 1. The fraction of sp³-hybridized carbons (Fsp3) is 0.625. The number of hydrogen-bond acceptors (Lipinski definition) is 2. The lowest BCUT2D eigenvalue weighted by Crippen LogP contribution is -2.47. The first-order valence-electron chi connectivity index (χ1n) is 7.09. The van der Waals surface area contributed by atoms with Gasteiger partial charge in [0.05, 0.1) is 0 Å². The van der Waals surface area contributed by atoms with Crippen LogP contribution in [0.3, 0.4) is 0 Å². The summed E-state index contributed by atoms with van der Waals surface area (Å²) >= 11 is 0. The van der Waals surface area contributed by atoms with E-state index in [4.69, 9.17) is 0 Å². The summed E-state index contributed by atoms with van der Waals surface area (Å²) < 4.78 is 0. The van der Waals surface area contributed by atoms with E-state index in [-0.39, 0.29) is 0 Å². The van der Waals surface area contributed by atoms with Crippen LogP contribution in [-0.4, -0.2) is 26.2 Å². The molecule has 18 heavy (non-hydrogen) atoms.